The van der Waals surface area contributed by atoms with Crippen LogP contribution in [-0.4, -0.2) is 42.7 Å². The van der Waals surface area contributed by atoms with Gasteiger partial charge in [-0.1, -0.05) is 12.1 Å². The van der Waals surface area contributed by atoms with E-state index in [9.17, 15) is 13.2 Å². The lowest BCUT2D eigenvalue weighted by molar-refractivity contribution is 0.103. The van der Waals surface area contributed by atoms with Crippen molar-refractivity contribution in [3.8, 4) is 0 Å². The first-order chi connectivity index (χ1) is 12.6. The molecular weight excluding hydrogens is 384 g/mol. The zero-order valence-electron chi connectivity index (χ0n) is 15.7. The summed E-state index contributed by atoms with van der Waals surface area (Å²) in [5.74, 6) is 0.282. The summed E-state index contributed by atoms with van der Waals surface area (Å²) in [7, 11) is -0.778. The second kappa shape index (κ2) is 6.99. The highest BCUT2D eigenvalue weighted by Crippen LogP contribution is 2.32. The third kappa shape index (κ3) is 3.45. The van der Waals surface area contributed by atoms with Crippen LogP contribution in [0.5, 0.6) is 0 Å². The van der Waals surface area contributed by atoms with Gasteiger partial charge in [-0.3, -0.25) is 4.79 Å². The first-order valence-electron chi connectivity index (χ1n) is 8.20. The fraction of sp³-hybridized carbons (Fsp3) is 0.278. The molecule has 3 aromatic rings. The molecule has 0 aliphatic heterocycles. The molecule has 2 heterocycles. The van der Waals surface area contributed by atoms with Gasteiger partial charge in [0.25, 0.3) is 5.91 Å². The number of carbonyl (C=O) groups excluding carboxylic acids is 1. The van der Waals surface area contributed by atoms with Crippen molar-refractivity contribution in [3.63, 3.8) is 0 Å². The topological polar surface area (TPSA) is 92.3 Å². The summed E-state index contributed by atoms with van der Waals surface area (Å²) in [4.78, 5) is 23.0. The van der Waals surface area contributed by atoms with Gasteiger partial charge in [0.05, 0.1) is 10.6 Å². The largest absolute Gasteiger partial charge is 0.320 e. The van der Waals surface area contributed by atoms with Gasteiger partial charge in [-0.05, 0) is 38.5 Å². The van der Waals surface area contributed by atoms with Crippen molar-refractivity contribution < 1.29 is 13.2 Å². The van der Waals surface area contributed by atoms with E-state index in [-0.39, 0.29) is 16.5 Å². The number of aromatic nitrogens is 2. The second-order valence-corrected chi connectivity index (χ2v) is 9.45. The Labute approximate surface area is 162 Å². The second-order valence-electron chi connectivity index (χ2n) is 6.33. The smallest absolute Gasteiger partial charge is 0.266 e. The number of benzene rings is 1. The molecule has 0 fully saturated rings. The summed E-state index contributed by atoms with van der Waals surface area (Å²) in [5.41, 5.74) is 1.85. The predicted octanol–water partition coefficient (Wildman–Crippen LogP) is 3.12. The van der Waals surface area contributed by atoms with Crippen molar-refractivity contribution in [2.24, 2.45) is 0 Å². The predicted molar refractivity (Wildman–Crippen MR) is 107 cm³/mol. The van der Waals surface area contributed by atoms with Crippen LogP contribution in [0.4, 0.5) is 5.69 Å². The maximum absolute atomic E-state index is 12.9. The van der Waals surface area contributed by atoms with E-state index >= 15 is 0 Å². The van der Waals surface area contributed by atoms with Gasteiger partial charge in [-0.15, -0.1) is 11.3 Å². The third-order valence-corrected chi connectivity index (χ3v) is 7.24. The van der Waals surface area contributed by atoms with Crippen molar-refractivity contribution >= 4 is 43.2 Å². The Morgan fingerprint density at radius 2 is 1.78 bits per heavy atom. The van der Waals surface area contributed by atoms with E-state index in [1.54, 1.807) is 18.2 Å². The molecule has 3 rings (SSSR count). The maximum atomic E-state index is 12.9. The number of anilines is 1. The zero-order chi connectivity index (χ0) is 19.9. The van der Waals surface area contributed by atoms with E-state index in [4.69, 9.17) is 0 Å². The number of para-hydroxylation sites is 1. The van der Waals surface area contributed by atoms with E-state index in [0.29, 0.717) is 10.7 Å². The minimum atomic E-state index is -3.68. The molecule has 0 atom stereocenters. The Kier molecular flexibility index (Phi) is 5.02. The molecule has 0 bridgehead atoms. The normalized spacial score (nSPS) is 11.9. The van der Waals surface area contributed by atoms with Gasteiger partial charge in [0.2, 0.25) is 10.0 Å². The van der Waals surface area contributed by atoms with E-state index < -0.39 is 10.0 Å². The molecule has 0 unspecified atom stereocenters. The molecule has 0 aliphatic carbocycles. The zero-order valence-corrected chi connectivity index (χ0v) is 17.3. The number of fused-ring (bicyclic) bond motifs is 1. The number of hydrogen-bond acceptors (Lipinski definition) is 6. The number of rotatable bonds is 4. The number of amides is 1. The van der Waals surface area contributed by atoms with Crippen molar-refractivity contribution in [1.29, 1.82) is 0 Å². The van der Waals surface area contributed by atoms with E-state index in [2.05, 4.69) is 15.3 Å². The Morgan fingerprint density at radius 1 is 1.11 bits per heavy atom. The van der Waals surface area contributed by atoms with Crippen LogP contribution in [0.1, 0.15) is 26.8 Å². The van der Waals surface area contributed by atoms with Gasteiger partial charge in [0.15, 0.2) is 0 Å². The number of nitrogens with zero attached hydrogens (tertiary/aromatic N) is 3. The lowest BCUT2D eigenvalue weighted by Crippen LogP contribution is -2.24. The number of hydrogen-bond donors (Lipinski definition) is 1. The molecule has 0 aliphatic rings. The summed E-state index contributed by atoms with van der Waals surface area (Å²) in [6.45, 7) is 5.54. The molecule has 2 aromatic heterocycles. The Bertz CT molecular complexity index is 1150. The van der Waals surface area contributed by atoms with E-state index in [0.717, 1.165) is 25.8 Å². The van der Waals surface area contributed by atoms with Crippen LogP contribution in [0.15, 0.2) is 29.2 Å². The van der Waals surface area contributed by atoms with Crippen LogP contribution in [-0.2, 0) is 10.0 Å². The van der Waals surface area contributed by atoms with Gasteiger partial charge in [0, 0.05) is 25.2 Å². The number of thiophene rings is 1. The minimum Gasteiger partial charge on any atom is -0.320 e. The van der Waals surface area contributed by atoms with Crippen molar-refractivity contribution in [1.82, 2.24) is 14.3 Å². The molecule has 142 valence electrons. The highest BCUT2D eigenvalue weighted by Gasteiger charge is 2.24. The molecule has 0 spiro atoms. The molecular formula is C18H20N4O3S2. The summed E-state index contributed by atoms with van der Waals surface area (Å²) in [6.07, 6.45) is 0. The van der Waals surface area contributed by atoms with Crippen molar-refractivity contribution in [2.45, 2.75) is 25.7 Å². The quantitative estimate of drug-likeness (QED) is 0.721. The summed E-state index contributed by atoms with van der Waals surface area (Å²) in [6, 6.07) is 6.35. The maximum Gasteiger partial charge on any atom is 0.266 e. The van der Waals surface area contributed by atoms with Gasteiger partial charge < -0.3 is 5.32 Å². The van der Waals surface area contributed by atoms with E-state index in [1.165, 1.54) is 31.5 Å². The molecule has 0 saturated carbocycles. The molecule has 0 radical (unpaired) electrons. The monoisotopic (exact) mass is 404 g/mol. The summed E-state index contributed by atoms with van der Waals surface area (Å²) in [5, 5.41) is 3.61. The average molecular weight is 405 g/mol. The van der Waals surface area contributed by atoms with E-state index in [1.807, 2.05) is 20.8 Å². The number of nitrogens with one attached hydrogen (secondary N) is 1. The van der Waals surface area contributed by atoms with Crippen LogP contribution in [0, 0.1) is 20.8 Å². The van der Waals surface area contributed by atoms with Crippen LogP contribution in [0.25, 0.3) is 10.2 Å². The average Bonchev–Trinajstić information content (AvgIpc) is 2.91. The third-order valence-electron chi connectivity index (χ3n) is 4.18. The SMILES string of the molecule is Cc1nc(C)c2c(C)c(C(=O)Nc3ccccc3S(=O)(=O)N(C)C)sc2n1. The van der Waals surface area contributed by atoms with Crippen LogP contribution >= 0.6 is 11.3 Å². The molecule has 1 N–H and O–H groups in total. The fourth-order valence-electron chi connectivity index (χ4n) is 2.86. The minimum absolute atomic E-state index is 0.0499. The first kappa shape index (κ1) is 19.4. The van der Waals surface area contributed by atoms with Gasteiger partial charge >= 0.3 is 0 Å². The Morgan fingerprint density at radius 3 is 2.44 bits per heavy atom. The molecule has 1 amide bonds. The molecule has 7 nitrogen and oxygen atoms in total. The van der Waals surface area contributed by atoms with Crippen molar-refractivity contribution in [3.05, 3.63) is 46.2 Å². The number of aryl methyl sites for hydroxylation is 3. The lowest BCUT2D eigenvalue weighted by atomic mass is 10.1. The van der Waals surface area contributed by atoms with Crippen molar-refractivity contribution in [2.75, 3.05) is 19.4 Å². The lowest BCUT2D eigenvalue weighted by Gasteiger charge is -2.15. The summed E-state index contributed by atoms with van der Waals surface area (Å²) < 4.78 is 26.2. The highest BCUT2D eigenvalue weighted by molar-refractivity contribution is 7.89. The molecule has 1 aromatic carbocycles. The summed E-state index contributed by atoms with van der Waals surface area (Å²) >= 11 is 1.28. The molecule has 9 heteroatoms. The Balaban J connectivity index is 2.04. The highest BCUT2D eigenvalue weighted by atomic mass is 32.2. The number of carbonyl (C=O) groups is 1. The van der Waals surface area contributed by atoms with Gasteiger partial charge in [-0.25, -0.2) is 22.7 Å². The fourth-order valence-corrected chi connectivity index (χ4v) is 5.07. The van der Waals surface area contributed by atoms with Crippen LogP contribution in [0.2, 0.25) is 0 Å². The molecule has 27 heavy (non-hydrogen) atoms. The first-order valence-corrected chi connectivity index (χ1v) is 10.5. The van der Waals surface area contributed by atoms with Crippen LogP contribution < -0.4 is 5.32 Å². The van der Waals surface area contributed by atoms with Gasteiger partial charge in [-0.2, -0.15) is 0 Å². The standard InChI is InChI=1S/C18H20N4O3S2/c1-10-15-11(2)19-12(3)20-18(15)26-16(10)17(23)21-13-8-6-7-9-14(13)27(24,25)22(4)5/h6-9H,1-5H3,(H,21,23). The van der Waals surface area contributed by atoms with Gasteiger partial charge in [0.1, 0.15) is 15.6 Å². The van der Waals surface area contributed by atoms with Crippen LogP contribution in [0.3, 0.4) is 0 Å². The molecule has 0 saturated heterocycles. The number of sulfonamides is 1. The Hall–Kier alpha value is -2.36.